The van der Waals surface area contributed by atoms with Gasteiger partial charge in [-0.05, 0) is 29.6 Å². The Hall–Kier alpha value is -1.74. The lowest BCUT2D eigenvalue weighted by Gasteiger charge is -2.36. The fourth-order valence-electron chi connectivity index (χ4n) is 2.42. The van der Waals surface area contributed by atoms with Crippen LogP contribution in [0.1, 0.15) is 0 Å². The first-order chi connectivity index (χ1) is 10.3. The van der Waals surface area contributed by atoms with E-state index in [1.54, 1.807) is 0 Å². The summed E-state index contributed by atoms with van der Waals surface area (Å²) in [6, 6.07) is 14.8. The van der Waals surface area contributed by atoms with Crippen molar-refractivity contribution in [1.82, 2.24) is 4.98 Å². The van der Waals surface area contributed by atoms with Crippen molar-refractivity contribution in [3.05, 3.63) is 48.7 Å². The van der Waals surface area contributed by atoms with Crippen LogP contribution in [0, 0.1) is 0 Å². The third-order valence-corrected chi connectivity index (χ3v) is 3.90. The van der Waals surface area contributed by atoms with Gasteiger partial charge in [-0.15, -0.1) is 9.24 Å². The Morgan fingerprint density at radius 2 is 1.48 bits per heavy atom. The second-order valence-corrected chi connectivity index (χ2v) is 5.42. The van der Waals surface area contributed by atoms with Gasteiger partial charge in [0, 0.05) is 47.2 Å². The topological polar surface area (TPSA) is 19.4 Å². The SMILES string of the molecule is FF.Pc1ccc(N2CCN(c3ccccn3)CC2)cc1. The molecule has 21 heavy (non-hydrogen) atoms. The summed E-state index contributed by atoms with van der Waals surface area (Å²) in [5.41, 5.74) is 1.31. The Labute approximate surface area is 125 Å². The minimum Gasteiger partial charge on any atom is -0.368 e. The average molecular weight is 309 g/mol. The summed E-state index contributed by atoms with van der Waals surface area (Å²) in [5.74, 6) is 1.09. The lowest BCUT2D eigenvalue weighted by atomic mass is 10.2. The van der Waals surface area contributed by atoms with Crippen molar-refractivity contribution in [2.24, 2.45) is 0 Å². The van der Waals surface area contributed by atoms with E-state index in [0.29, 0.717) is 0 Å². The predicted octanol–water partition coefficient (Wildman–Crippen LogP) is 2.75. The zero-order valence-electron chi connectivity index (χ0n) is 11.6. The molecule has 0 amide bonds. The highest BCUT2D eigenvalue weighted by atomic mass is 31.0. The molecule has 0 radical (unpaired) electrons. The first kappa shape index (κ1) is 15.6. The van der Waals surface area contributed by atoms with Crippen LogP contribution < -0.4 is 15.1 Å². The standard InChI is InChI=1S/C15H18N3P.F2/c19-14-6-4-13(5-7-14)17-9-11-18(12-10-17)15-3-1-2-8-16-15;1-2/h1-8H,9-12,19H2;. The maximum absolute atomic E-state index is 8.00. The second-order valence-electron chi connectivity index (χ2n) is 4.75. The van der Waals surface area contributed by atoms with Crippen molar-refractivity contribution >= 4 is 26.0 Å². The Morgan fingerprint density at radius 1 is 0.857 bits per heavy atom. The smallest absolute Gasteiger partial charge is 0.128 e. The van der Waals surface area contributed by atoms with E-state index >= 15 is 0 Å². The normalized spacial score (nSPS) is 14.4. The van der Waals surface area contributed by atoms with Crippen molar-refractivity contribution in [3.63, 3.8) is 0 Å². The molecule has 3 rings (SSSR count). The molecule has 3 nitrogen and oxygen atoms in total. The molecule has 0 saturated carbocycles. The van der Waals surface area contributed by atoms with Gasteiger partial charge in [0.05, 0.1) is 0 Å². The number of nitrogens with zero attached hydrogens (tertiary/aromatic N) is 3. The van der Waals surface area contributed by atoms with E-state index in [4.69, 9.17) is 9.15 Å². The molecule has 1 fully saturated rings. The number of halogens is 2. The number of hydrogen-bond acceptors (Lipinski definition) is 3. The first-order valence-electron chi connectivity index (χ1n) is 6.74. The highest BCUT2D eigenvalue weighted by molar-refractivity contribution is 7.27. The van der Waals surface area contributed by atoms with Crippen LogP contribution in [0.5, 0.6) is 0 Å². The van der Waals surface area contributed by atoms with Gasteiger partial charge in [0.15, 0.2) is 0 Å². The second kappa shape index (κ2) is 7.89. The van der Waals surface area contributed by atoms with Crippen LogP contribution in [-0.4, -0.2) is 31.2 Å². The highest BCUT2D eigenvalue weighted by Crippen LogP contribution is 2.18. The molecule has 1 aromatic carbocycles. The van der Waals surface area contributed by atoms with Gasteiger partial charge in [-0.3, -0.25) is 0 Å². The Balaban J connectivity index is 0.000000774. The largest absolute Gasteiger partial charge is 0.368 e. The Morgan fingerprint density at radius 3 is 2.05 bits per heavy atom. The molecular weight excluding hydrogens is 291 g/mol. The Bertz CT molecular complexity index is 528. The quantitative estimate of drug-likeness (QED) is 0.795. The van der Waals surface area contributed by atoms with Gasteiger partial charge >= 0.3 is 0 Å². The van der Waals surface area contributed by atoms with Crippen LogP contribution in [-0.2, 0) is 0 Å². The van der Waals surface area contributed by atoms with Crippen molar-refractivity contribution in [1.29, 1.82) is 0 Å². The maximum atomic E-state index is 8.00. The third-order valence-electron chi connectivity index (χ3n) is 3.51. The van der Waals surface area contributed by atoms with E-state index in [1.807, 2.05) is 18.3 Å². The first-order valence-corrected chi connectivity index (χ1v) is 7.31. The number of piperazine rings is 1. The molecule has 0 bridgehead atoms. The van der Waals surface area contributed by atoms with Crippen LogP contribution in [0.25, 0.3) is 0 Å². The Kier molecular flexibility index (Phi) is 5.88. The summed E-state index contributed by atoms with van der Waals surface area (Å²) in [5, 5.41) is 1.23. The van der Waals surface area contributed by atoms with Crippen LogP contribution in [0.2, 0.25) is 0 Å². The van der Waals surface area contributed by atoms with Gasteiger partial charge in [0.1, 0.15) is 5.82 Å². The third kappa shape index (κ3) is 4.11. The molecule has 1 aliphatic rings. The molecule has 0 aliphatic carbocycles. The maximum Gasteiger partial charge on any atom is 0.128 e. The molecule has 2 heterocycles. The van der Waals surface area contributed by atoms with E-state index in [1.165, 1.54) is 11.0 Å². The highest BCUT2D eigenvalue weighted by Gasteiger charge is 2.17. The van der Waals surface area contributed by atoms with Crippen LogP contribution >= 0.6 is 9.24 Å². The average Bonchev–Trinajstić information content (AvgIpc) is 2.58. The summed E-state index contributed by atoms with van der Waals surface area (Å²) < 4.78 is 16.0. The van der Waals surface area contributed by atoms with Crippen LogP contribution in [0.3, 0.4) is 0 Å². The van der Waals surface area contributed by atoms with Crippen LogP contribution in [0.15, 0.2) is 48.7 Å². The van der Waals surface area contributed by atoms with Gasteiger partial charge in [-0.25, -0.2) is 4.98 Å². The molecule has 1 aliphatic heterocycles. The number of hydrogen-bond donors (Lipinski definition) is 0. The fraction of sp³-hybridized carbons (Fsp3) is 0.267. The summed E-state index contributed by atoms with van der Waals surface area (Å²) in [6.45, 7) is 4.15. The van der Waals surface area contributed by atoms with E-state index in [-0.39, 0.29) is 0 Å². The summed E-state index contributed by atoms with van der Waals surface area (Å²) in [7, 11) is 2.73. The molecule has 1 saturated heterocycles. The minimum absolute atomic E-state index is 1.03. The summed E-state index contributed by atoms with van der Waals surface area (Å²) in [4.78, 5) is 9.20. The minimum atomic E-state index is 1.03. The number of pyridine rings is 1. The number of aromatic nitrogens is 1. The van der Waals surface area contributed by atoms with Gasteiger partial charge in [0.2, 0.25) is 0 Å². The fourth-order valence-corrected chi connectivity index (χ4v) is 2.61. The van der Waals surface area contributed by atoms with E-state index < -0.39 is 0 Å². The molecule has 0 N–H and O–H groups in total. The van der Waals surface area contributed by atoms with Gasteiger partial charge in [-0.2, -0.15) is 0 Å². The van der Waals surface area contributed by atoms with Crippen LogP contribution in [0.4, 0.5) is 20.7 Å². The molecule has 1 aromatic heterocycles. The summed E-state index contributed by atoms with van der Waals surface area (Å²) >= 11 is 0. The lowest BCUT2D eigenvalue weighted by Crippen LogP contribution is -2.46. The van der Waals surface area contributed by atoms with Crippen molar-refractivity contribution in [3.8, 4) is 0 Å². The van der Waals surface area contributed by atoms with E-state index in [9.17, 15) is 0 Å². The number of anilines is 2. The van der Waals surface area contributed by atoms with E-state index in [0.717, 1.165) is 32.0 Å². The molecule has 1 atom stereocenters. The molecule has 1 unspecified atom stereocenters. The lowest BCUT2D eigenvalue weighted by molar-refractivity contribution is 0.108. The zero-order valence-corrected chi connectivity index (χ0v) is 12.8. The van der Waals surface area contributed by atoms with Crippen molar-refractivity contribution in [2.45, 2.75) is 0 Å². The molecule has 0 spiro atoms. The number of benzene rings is 1. The van der Waals surface area contributed by atoms with Gasteiger partial charge in [-0.1, -0.05) is 18.2 Å². The molecular formula is C15H18F2N3P. The van der Waals surface area contributed by atoms with E-state index in [2.05, 4.69) is 54.4 Å². The van der Waals surface area contributed by atoms with Crippen molar-refractivity contribution in [2.75, 3.05) is 36.0 Å². The molecule has 112 valence electrons. The van der Waals surface area contributed by atoms with Crippen molar-refractivity contribution < 1.29 is 9.15 Å². The monoisotopic (exact) mass is 309 g/mol. The summed E-state index contributed by atoms with van der Waals surface area (Å²) in [6.07, 6.45) is 1.86. The van der Waals surface area contributed by atoms with Gasteiger partial charge < -0.3 is 9.80 Å². The molecule has 6 heteroatoms. The number of rotatable bonds is 2. The predicted molar refractivity (Wildman–Crippen MR) is 86.7 cm³/mol. The zero-order chi connectivity index (χ0) is 15.1. The van der Waals surface area contributed by atoms with Gasteiger partial charge in [0.25, 0.3) is 0 Å². The molecule has 2 aromatic rings.